The molecule has 2 rings (SSSR count). The lowest BCUT2D eigenvalue weighted by molar-refractivity contribution is 0.579. The summed E-state index contributed by atoms with van der Waals surface area (Å²) >= 11 is 1.68. The summed E-state index contributed by atoms with van der Waals surface area (Å²) in [5.74, 6) is 2.88. The molecule has 0 spiro atoms. The monoisotopic (exact) mass is 316 g/mol. The minimum absolute atomic E-state index is 0.153. The number of thioether (sulfide) groups is 1. The highest BCUT2D eigenvalue weighted by molar-refractivity contribution is 8.01. The molecule has 0 aromatic carbocycles. The Labute approximate surface area is 124 Å². The molecule has 0 radical (unpaired) electrons. The van der Waals surface area contributed by atoms with E-state index in [9.17, 15) is 8.42 Å². The van der Waals surface area contributed by atoms with E-state index in [-0.39, 0.29) is 5.75 Å². The van der Waals surface area contributed by atoms with Crippen LogP contribution in [0, 0.1) is 0 Å². The Morgan fingerprint density at radius 3 is 3.00 bits per heavy atom. The van der Waals surface area contributed by atoms with Gasteiger partial charge in [-0.3, -0.25) is 0 Å². The molecule has 112 valence electrons. The molecule has 6 nitrogen and oxygen atoms in total. The van der Waals surface area contributed by atoms with Crippen molar-refractivity contribution in [2.45, 2.75) is 19.2 Å². The predicted molar refractivity (Wildman–Crippen MR) is 84.1 cm³/mol. The zero-order chi connectivity index (χ0) is 14.6. The van der Waals surface area contributed by atoms with Crippen LogP contribution < -0.4 is 10.2 Å². The van der Waals surface area contributed by atoms with Gasteiger partial charge in [-0.25, -0.2) is 13.4 Å². The van der Waals surface area contributed by atoms with Gasteiger partial charge in [0.2, 0.25) is 5.95 Å². The third kappa shape index (κ3) is 3.35. The number of rotatable bonds is 5. The van der Waals surface area contributed by atoms with Crippen LogP contribution in [0.3, 0.4) is 0 Å². The van der Waals surface area contributed by atoms with Crippen LogP contribution in [0.15, 0.2) is 12.3 Å². The molecule has 1 unspecified atom stereocenters. The molecule has 0 saturated carbocycles. The zero-order valence-corrected chi connectivity index (χ0v) is 13.4. The number of sulfone groups is 1. The number of anilines is 2. The van der Waals surface area contributed by atoms with E-state index in [4.69, 9.17) is 0 Å². The Morgan fingerprint density at radius 1 is 1.50 bits per heavy atom. The van der Waals surface area contributed by atoms with Crippen LogP contribution >= 0.6 is 11.8 Å². The van der Waals surface area contributed by atoms with Gasteiger partial charge in [0.25, 0.3) is 0 Å². The predicted octanol–water partition coefficient (Wildman–Crippen LogP) is 1.22. The number of aromatic nitrogens is 2. The van der Waals surface area contributed by atoms with E-state index in [1.165, 1.54) is 0 Å². The van der Waals surface area contributed by atoms with E-state index in [2.05, 4.69) is 15.3 Å². The van der Waals surface area contributed by atoms with Gasteiger partial charge >= 0.3 is 0 Å². The van der Waals surface area contributed by atoms with Gasteiger partial charge in [-0.1, -0.05) is 6.92 Å². The van der Waals surface area contributed by atoms with Gasteiger partial charge in [0.05, 0.1) is 0 Å². The maximum Gasteiger partial charge on any atom is 0.224 e. The second-order valence-electron chi connectivity index (χ2n) is 4.44. The zero-order valence-electron chi connectivity index (χ0n) is 11.7. The van der Waals surface area contributed by atoms with E-state index >= 15 is 0 Å². The summed E-state index contributed by atoms with van der Waals surface area (Å²) in [6.07, 6.45) is 1.66. The summed E-state index contributed by atoms with van der Waals surface area (Å²) in [5.41, 5.74) is 0. The summed E-state index contributed by atoms with van der Waals surface area (Å²) in [4.78, 5) is 10.4. The van der Waals surface area contributed by atoms with Crippen LogP contribution in [0.5, 0.6) is 0 Å². The fourth-order valence-corrected chi connectivity index (χ4v) is 5.06. The van der Waals surface area contributed by atoms with Crippen molar-refractivity contribution in [3.63, 3.8) is 0 Å². The first-order valence-corrected chi connectivity index (χ1v) is 9.58. The van der Waals surface area contributed by atoms with Crippen LogP contribution in [-0.2, 0) is 9.84 Å². The van der Waals surface area contributed by atoms with Gasteiger partial charge in [0.1, 0.15) is 11.2 Å². The quantitative estimate of drug-likeness (QED) is 0.875. The van der Waals surface area contributed by atoms with E-state index in [1.54, 1.807) is 30.9 Å². The molecule has 2 heterocycles. The summed E-state index contributed by atoms with van der Waals surface area (Å²) in [6.45, 7) is 5.09. The summed E-state index contributed by atoms with van der Waals surface area (Å²) in [6, 6.07) is 1.77. The van der Waals surface area contributed by atoms with Gasteiger partial charge in [-0.2, -0.15) is 16.7 Å². The van der Waals surface area contributed by atoms with E-state index < -0.39 is 15.2 Å². The normalized spacial score (nSPS) is 19.9. The molecule has 20 heavy (non-hydrogen) atoms. The van der Waals surface area contributed by atoms with Crippen molar-refractivity contribution in [1.29, 1.82) is 0 Å². The highest BCUT2D eigenvalue weighted by atomic mass is 32.2. The highest BCUT2D eigenvalue weighted by Gasteiger charge is 2.33. The van der Waals surface area contributed by atoms with Crippen LogP contribution in [0.25, 0.3) is 0 Å². The lowest BCUT2D eigenvalue weighted by Gasteiger charge is -2.35. The Morgan fingerprint density at radius 2 is 2.30 bits per heavy atom. The molecule has 1 aliphatic heterocycles. The number of hydrogen-bond acceptors (Lipinski definition) is 7. The maximum atomic E-state index is 12.2. The van der Waals surface area contributed by atoms with Gasteiger partial charge < -0.3 is 10.2 Å². The van der Waals surface area contributed by atoms with Gasteiger partial charge in [0.15, 0.2) is 9.84 Å². The molecule has 1 aromatic heterocycles. The average molecular weight is 316 g/mol. The molecule has 0 bridgehead atoms. The molecule has 1 saturated heterocycles. The first kappa shape index (κ1) is 15.4. The second-order valence-corrected chi connectivity index (χ2v) is 8.04. The van der Waals surface area contributed by atoms with Crippen molar-refractivity contribution in [2.75, 3.05) is 40.6 Å². The molecule has 1 atom stereocenters. The lowest BCUT2D eigenvalue weighted by Crippen LogP contribution is -2.48. The Balaban J connectivity index is 2.30. The van der Waals surface area contributed by atoms with Crippen molar-refractivity contribution in [3.05, 3.63) is 12.3 Å². The number of nitrogens with zero attached hydrogens (tertiary/aromatic N) is 3. The smallest absolute Gasteiger partial charge is 0.224 e. The number of nitrogens with one attached hydrogen (secondary N) is 1. The minimum atomic E-state index is -3.12. The second kappa shape index (κ2) is 6.62. The van der Waals surface area contributed by atoms with Gasteiger partial charge in [-0.15, -0.1) is 0 Å². The molecule has 1 N–H and O–H groups in total. The highest BCUT2D eigenvalue weighted by Crippen LogP contribution is 2.26. The molecular formula is C12H20N4O2S2. The minimum Gasteiger partial charge on any atom is -0.354 e. The van der Waals surface area contributed by atoms with E-state index in [1.807, 2.05) is 11.8 Å². The van der Waals surface area contributed by atoms with Gasteiger partial charge in [0, 0.05) is 36.5 Å². The summed E-state index contributed by atoms with van der Waals surface area (Å²) in [7, 11) is -3.12. The average Bonchev–Trinajstić information content (AvgIpc) is 2.48. The van der Waals surface area contributed by atoms with Crippen LogP contribution in [0.2, 0.25) is 0 Å². The van der Waals surface area contributed by atoms with Gasteiger partial charge in [-0.05, 0) is 13.0 Å². The van der Waals surface area contributed by atoms with Crippen molar-refractivity contribution < 1.29 is 8.42 Å². The largest absolute Gasteiger partial charge is 0.354 e. The van der Waals surface area contributed by atoms with Crippen LogP contribution in [-0.4, -0.2) is 54.1 Å². The Bertz CT molecular complexity index is 550. The molecule has 1 fully saturated rings. The third-order valence-corrected chi connectivity index (χ3v) is 6.46. The molecule has 0 aliphatic carbocycles. The van der Waals surface area contributed by atoms with Crippen molar-refractivity contribution >= 4 is 33.4 Å². The number of hydrogen-bond donors (Lipinski definition) is 1. The topological polar surface area (TPSA) is 75.2 Å². The Kier molecular flexibility index (Phi) is 5.09. The molecule has 0 amide bonds. The lowest BCUT2D eigenvalue weighted by atomic mass is 10.4. The van der Waals surface area contributed by atoms with E-state index in [0.717, 1.165) is 12.3 Å². The standard InChI is InChI=1S/C12H20N4O2S2/c1-3-13-12-14-6-5-10(15-12)16-7-8-19-9-11(16)20(17,18)4-2/h5-6,11H,3-4,7-9H2,1-2H3,(H,13,14,15). The van der Waals surface area contributed by atoms with Crippen molar-refractivity contribution in [3.8, 4) is 0 Å². The first-order chi connectivity index (χ1) is 9.58. The fourth-order valence-electron chi connectivity index (χ4n) is 2.09. The maximum absolute atomic E-state index is 12.2. The molecule has 1 aliphatic rings. The van der Waals surface area contributed by atoms with Crippen LogP contribution in [0.4, 0.5) is 11.8 Å². The molecule has 8 heteroatoms. The van der Waals surface area contributed by atoms with E-state index in [0.29, 0.717) is 24.1 Å². The first-order valence-electron chi connectivity index (χ1n) is 6.71. The summed E-state index contributed by atoms with van der Waals surface area (Å²) in [5, 5.41) is 2.56. The van der Waals surface area contributed by atoms with Crippen molar-refractivity contribution in [2.24, 2.45) is 0 Å². The third-order valence-electron chi connectivity index (χ3n) is 3.17. The Hall–Kier alpha value is -1.02. The van der Waals surface area contributed by atoms with Crippen LogP contribution in [0.1, 0.15) is 13.8 Å². The fraction of sp³-hybridized carbons (Fsp3) is 0.667. The molecule has 1 aromatic rings. The molecular weight excluding hydrogens is 296 g/mol. The summed E-state index contributed by atoms with van der Waals surface area (Å²) < 4.78 is 24.5. The SMILES string of the molecule is CCNc1nccc(N2CCSCC2S(=O)(=O)CC)n1. The van der Waals surface area contributed by atoms with Crippen molar-refractivity contribution in [1.82, 2.24) is 9.97 Å².